The molecule has 0 bridgehead atoms. The Hall–Kier alpha value is -3.46. The van der Waals surface area contributed by atoms with Crippen molar-refractivity contribution in [3.8, 4) is 22.4 Å². The molecule has 2 nitrogen and oxygen atoms in total. The SMILES string of the molecule is Clc1cc(Cl)c2cc(-c3ccc(-c4ccc5ccccc5n4)cc3)c3ccccc3c2n1. The van der Waals surface area contributed by atoms with Gasteiger partial charge in [0, 0.05) is 21.7 Å². The van der Waals surface area contributed by atoms with Crippen molar-refractivity contribution in [1.82, 2.24) is 9.97 Å². The van der Waals surface area contributed by atoms with E-state index in [0.717, 1.165) is 55.0 Å². The van der Waals surface area contributed by atoms with Crippen LogP contribution in [0.3, 0.4) is 0 Å². The number of fused-ring (bicyclic) bond motifs is 4. The van der Waals surface area contributed by atoms with Gasteiger partial charge in [0.15, 0.2) is 0 Å². The van der Waals surface area contributed by atoms with E-state index in [1.165, 1.54) is 0 Å². The second kappa shape index (κ2) is 7.59. The van der Waals surface area contributed by atoms with Gasteiger partial charge >= 0.3 is 0 Å². The molecule has 0 spiro atoms. The van der Waals surface area contributed by atoms with Crippen molar-refractivity contribution in [3.05, 3.63) is 107 Å². The number of nitrogens with zero attached hydrogens (tertiary/aromatic N) is 2. The highest BCUT2D eigenvalue weighted by molar-refractivity contribution is 6.39. The Labute approximate surface area is 195 Å². The summed E-state index contributed by atoms with van der Waals surface area (Å²) in [5.74, 6) is 0. The van der Waals surface area contributed by atoms with E-state index >= 15 is 0 Å². The topological polar surface area (TPSA) is 25.8 Å². The molecule has 6 rings (SSSR count). The van der Waals surface area contributed by atoms with Gasteiger partial charge in [-0.3, -0.25) is 0 Å². The first kappa shape index (κ1) is 19.2. The monoisotopic (exact) mass is 450 g/mol. The number of hydrogen-bond donors (Lipinski definition) is 0. The van der Waals surface area contributed by atoms with Crippen LogP contribution < -0.4 is 0 Å². The Morgan fingerprint density at radius 1 is 0.562 bits per heavy atom. The Balaban J connectivity index is 1.51. The largest absolute Gasteiger partial charge is 0.248 e. The molecule has 0 aliphatic rings. The zero-order valence-corrected chi connectivity index (χ0v) is 18.4. The van der Waals surface area contributed by atoms with Crippen molar-refractivity contribution in [2.24, 2.45) is 0 Å². The zero-order valence-electron chi connectivity index (χ0n) is 16.9. The third-order valence-corrected chi connectivity index (χ3v) is 6.33. The lowest BCUT2D eigenvalue weighted by Crippen LogP contribution is -1.89. The van der Waals surface area contributed by atoms with E-state index in [0.29, 0.717) is 10.2 Å². The zero-order chi connectivity index (χ0) is 21.7. The van der Waals surface area contributed by atoms with Crippen molar-refractivity contribution in [3.63, 3.8) is 0 Å². The second-order valence-electron chi connectivity index (χ2n) is 7.76. The Morgan fingerprint density at radius 3 is 2.12 bits per heavy atom. The summed E-state index contributed by atoms with van der Waals surface area (Å²) in [5, 5.41) is 5.18. The highest BCUT2D eigenvalue weighted by Gasteiger charge is 2.13. The van der Waals surface area contributed by atoms with E-state index in [-0.39, 0.29) is 0 Å². The summed E-state index contributed by atoms with van der Waals surface area (Å²) in [4.78, 5) is 9.37. The predicted molar refractivity (Wildman–Crippen MR) is 135 cm³/mol. The molecule has 0 aliphatic heterocycles. The molecule has 0 saturated carbocycles. The van der Waals surface area contributed by atoms with E-state index in [1.807, 2.05) is 30.3 Å². The lowest BCUT2D eigenvalue weighted by atomic mass is 9.94. The molecular weight excluding hydrogens is 435 g/mol. The molecule has 0 fully saturated rings. The highest BCUT2D eigenvalue weighted by Crippen LogP contribution is 2.38. The molecule has 6 aromatic rings. The maximum Gasteiger partial charge on any atom is 0.131 e. The Kier molecular flexibility index (Phi) is 4.57. The van der Waals surface area contributed by atoms with E-state index in [1.54, 1.807) is 6.07 Å². The third-order valence-electron chi connectivity index (χ3n) is 5.83. The fourth-order valence-corrected chi connectivity index (χ4v) is 4.77. The van der Waals surface area contributed by atoms with Crippen LogP contribution in [0.4, 0.5) is 0 Å². The van der Waals surface area contributed by atoms with Crippen LogP contribution in [0.1, 0.15) is 0 Å². The van der Waals surface area contributed by atoms with Crippen molar-refractivity contribution >= 4 is 55.8 Å². The summed E-state index contributed by atoms with van der Waals surface area (Å²) in [6.45, 7) is 0. The van der Waals surface area contributed by atoms with Gasteiger partial charge in [-0.15, -0.1) is 0 Å². The first-order valence-electron chi connectivity index (χ1n) is 10.3. The molecule has 0 radical (unpaired) electrons. The number of halogens is 2. The minimum atomic E-state index is 0.396. The van der Waals surface area contributed by atoms with Gasteiger partial charge in [-0.05, 0) is 40.8 Å². The van der Waals surface area contributed by atoms with E-state index < -0.39 is 0 Å². The van der Waals surface area contributed by atoms with Crippen LogP contribution in [0.2, 0.25) is 10.2 Å². The van der Waals surface area contributed by atoms with Gasteiger partial charge in [0.25, 0.3) is 0 Å². The molecule has 2 aromatic heterocycles. The van der Waals surface area contributed by atoms with Crippen LogP contribution in [0.25, 0.3) is 55.0 Å². The number of hydrogen-bond acceptors (Lipinski definition) is 2. The van der Waals surface area contributed by atoms with Gasteiger partial charge in [0.2, 0.25) is 0 Å². The second-order valence-corrected chi connectivity index (χ2v) is 8.55. The number of pyridine rings is 2. The lowest BCUT2D eigenvalue weighted by Gasteiger charge is -2.12. The van der Waals surface area contributed by atoms with Gasteiger partial charge in [0.05, 0.1) is 21.7 Å². The van der Waals surface area contributed by atoms with Crippen molar-refractivity contribution < 1.29 is 0 Å². The summed E-state index contributed by atoms with van der Waals surface area (Å²) in [5.41, 5.74) is 6.07. The molecule has 0 unspecified atom stereocenters. The van der Waals surface area contributed by atoms with Crippen LogP contribution in [-0.4, -0.2) is 9.97 Å². The van der Waals surface area contributed by atoms with Crippen molar-refractivity contribution in [2.75, 3.05) is 0 Å². The molecule has 0 N–H and O–H groups in total. The number of aromatic nitrogens is 2. The fourth-order valence-electron chi connectivity index (χ4n) is 4.27. The number of rotatable bonds is 2. The first-order valence-corrected chi connectivity index (χ1v) is 11.1. The van der Waals surface area contributed by atoms with Crippen molar-refractivity contribution in [2.45, 2.75) is 0 Å². The molecule has 0 atom stereocenters. The van der Waals surface area contributed by atoms with Crippen molar-refractivity contribution in [1.29, 1.82) is 0 Å². The quantitative estimate of drug-likeness (QED) is 0.195. The van der Waals surface area contributed by atoms with Gasteiger partial charge in [-0.1, -0.05) is 96.0 Å². The molecule has 0 saturated heterocycles. The summed E-state index contributed by atoms with van der Waals surface area (Å²) in [6.07, 6.45) is 0. The first-order chi connectivity index (χ1) is 15.7. The molecule has 32 heavy (non-hydrogen) atoms. The van der Waals surface area contributed by atoms with E-state index in [2.05, 4.69) is 65.6 Å². The maximum atomic E-state index is 6.54. The summed E-state index contributed by atoms with van der Waals surface area (Å²) < 4.78 is 0. The normalized spacial score (nSPS) is 11.4. The summed E-state index contributed by atoms with van der Waals surface area (Å²) in [6, 6.07) is 32.9. The van der Waals surface area contributed by atoms with Gasteiger partial charge in [0.1, 0.15) is 5.15 Å². The van der Waals surface area contributed by atoms with Crippen LogP contribution in [-0.2, 0) is 0 Å². The molecule has 4 aromatic carbocycles. The average molecular weight is 451 g/mol. The average Bonchev–Trinajstić information content (AvgIpc) is 2.83. The molecule has 0 aliphatic carbocycles. The number of benzene rings is 4. The Bertz CT molecular complexity index is 1640. The summed E-state index contributed by atoms with van der Waals surface area (Å²) in [7, 11) is 0. The number of para-hydroxylation sites is 1. The van der Waals surface area contributed by atoms with E-state index in [9.17, 15) is 0 Å². The third kappa shape index (κ3) is 3.20. The van der Waals surface area contributed by atoms with Gasteiger partial charge in [-0.2, -0.15) is 0 Å². The minimum absolute atomic E-state index is 0.396. The standard InChI is InChI=1S/C28H16Cl2N2/c29-24-16-27(30)32-28-21-7-3-2-6-20(21)22(15-23(24)28)17-9-11-19(12-10-17)26-14-13-18-5-1-4-8-25(18)31-26/h1-16H. The van der Waals surface area contributed by atoms with Crippen LogP contribution in [0.5, 0.6) is 0 Å². The van der Waals surface area contributed by atoms with Crippen LogP contribution in [0.15, 0.2) is 97.1 Å². The smallest absolute Gasteiger partial charge is 0.131 e. The Morgan fingerprint density at radius 2 is 1.28 bits per heavy atom. The van der Waals surface area contributed by atoms with Crippen LogP contribution >= 0.6 is 23.2 Å². The fraction of sp³-hybridized carbons (Fsp3) is 0. The lowest BCUT2D eigenvalue weighted by molar-refractivity contribution is 1.40. The highest BCUT2D eigenvalue weighted by atomic mass is 35.5. The molecule has 4 heteroatoms. The molecule has 152 valence electrons. The van der Waals surface area contributed by atoms with E-state index in [4.69, 9.17) is 28.2 Å². The molecular formula is C28H16Cl2N2. The minimum Gasteiger partial charge on any atom is -0.248 e. The molecule has 2 heterocycles. The van der Waals surface area contributed by atoms with Gasteiger partial charge in [-0.25, -0.2) is 9.97 Å². The predicted octanol–water partition coefficient (Wildman–Crippen LogP) is 8.58. The maximum absolute atomic E-state index is 6.54. The van der Waals surface area contributed by atoms with Gasteiger partial charge < -0.3 is 0 Å². The molecule has 0 amide bonds. The summed E-state index contributed by atoms with van der Waals surface area (Å²) >= 11 is 12.7. The van der Waals surface area contributed by atoms with Crippen LogP contribution in [0, 0.1) is 0 Å².